The third-order valence-electron chi connectivity index (χ3n) is 5.04. The lowest BCUT2D eigenvalue weighted by molar-refractivity contribution is 0.156. The third kappa shape index (κ3) is 3.12. The first kappa shape index (κ1) is 15.7. The molecular weight excluding hydrogens is 294 g/mol. The molecule has 2 unspecified atom stereocenters. The summed E-state index contributed by atoms with van der Waals surface area (Å²) in [6.07, 6.45) is 2.65. The number of aryl methyl sites for hydroxylation is 1. The molecule has 2 aliphatic rings. The molecule has 1 aromatic carbocycles. The van der Waals surface area contributed by atoms with Crippen LogP contribution >= 0.6 is 12.4 Å². The molecule has 0 aliphatic carbocycles. The lowest BCUT2D eigenvalue weighted by Gasteiger charge is -2.34. The fourth-order valence-electron chi connectivity index (χ4n) is 3.90. The smallest absolute Gasteiger partial charge is 0.0705 e. The van der Waals surface area contributed by atoms with Crippen molar-refractivity contribution in [3.8, 4) is 0 Å². The first-order chi connectivity index (χ1) is 10.3. The maximum absolute atomic E-state index is 4.59. The number of fused-ring (bicyclic) bond motifs is 2. The maximum Gasteiger partial charge on any atom is 0.0705 e. The topological polar surface area (TPSA) is 28.2 Å². The Morgan fingerprint density at radius 3 is 3.05 bits per heavy atom. The van der Waals surface area contributed by atoms with Crippen molar-refractivity contribution in [1.82, 2.24) is 15.2 Å². The van der Waals surface area contributed by atoms with Gasteiger partial charge in [-0.3, -0.25) is 9.88 Å². The van der Waals surface area contributed by atoms with Gasteiger partial charge in [-0.1, -0.05) is 12.1 Å². The highest BCUT2D eigenvalue weighted by molar-refractivity contribution is 5.85. The van der Waals surface area contributed by atoms with Crippen molar-refractivity contribution in [2.75, 3.05) is 19.6 Å². The minimum atomic E-state index is 0. The van der Waals surface area contributed by atoms with E-state index in [0.717, 1.165) is 29.7 Å². The van der Waals surface area contributed by atoms with Crippen LogP contribution in [-0.2, 0) is 6.54 Å². The summed E-state index contributed by atoms with van der Waals surface area (Å²) in [4.78, 5) is 7.21. The number of hydrogen-bond donors (Lipinski definition) is 1. The Hall–Kier alpha value is -1.16. The molecule has 1 N–H and O–H groups in total. The number of nitrogens with zero attached hydrogens (tertiary/aromatic N) is 2. The van der Waals surface area contributed by atoms with E-state index >= 15 is 0 Å². The molecule has 2 aliphatic heterocycles. The summed E-state index contributed by atoms with van der Waals surface area (Å²) < 4.78 is 0. The molecule has 3 nitrogen and oxygen atoms in total. The zero-order valence-electron chi connectivity index (χ0n) is 13.1. The summed E-state index contributed by atoms with van der Waals surface area (Å²) in [6, 6.07) is 11.8. The average molecular weight is 318 g/mol. The number of nitrogens with one attached hydrogen (secondary N) is 1. The Kier molecular flexibility index (Phi) is 4.67. The highest BCUT2D eigenvalue weighted by Gasteiger charge is 2.32. The molecule has 22 heavy (non-hydrogen) atoms. The summed E-state index contributed by atoms with van der Waals surface area (Å²) >= 11 is 0. The highest BCUT2D eigenvalue weighted by Crippen LogP contribution is 2.26. The number of halogens is 1. The van der Waals surface area contributed by atoms with Crippen LogP contribution in [0.5, 0.6) is 0 Å². The summed E-state index contributed by atoms with van der Waals surface area (Å²) in [7, 11) is 0. The van der Waals surface area contributed by atoms with Gasteiger partial charge in [0.2, 0.25) is 0 Å². The lowest BCUT2D eigenvalue weighted by atomic mass is 9.93. The van der Waals surface area contributed by atoms with Gasteiger partial charge in [0.1, 0.15) is 0 Å². The third-order valence-corrected chi connectivity index (χ3v) is 5.04. The van der Waals surface area contributed by atoms with E-state index in [4.69, 9.17) is 0 Å². The Labute approximate surface area is 138 Å². The van der Waals surface area contributed by atoms with Crippen LogP contribution < -0.4 is 5.32 Å². The quantitative estimate of drug-likeness (QED) is 0.922. The van der Waals surface area contributed by atoms with Crippen LogP contribution in [0.15, 0.2) is 30.3 Å². The van der Waals surface area contributed by atoms with Crippen molar-refractivity contribution in [2.45, 2.75) is 32.4 Å². The van der Waals surface area contributed by atoms with Gasteiger partial charge in [0, 0.05) is 30.2 Å². The zero-order chi connectivity index (χ0) is 14.2. The fourth-order valence-corrected chi connectivity index (χ4v) is 3.90. The summed E-state index contributed by atoms with van der Waals surface area (Å²) in [5.74, 6) is 0.864. The van der Waals surface area contributed by atoms with Gasteiger partial charge in [0.15, 0.2) is 0 Å². The van der Waals surface area contributed by atoms with Crippen LogP contribution in [-0.4, -0.2) is 35.6 Å². The highest BCUT2D eigenvalue weighted by atomic mass is 35.5. The predicted molar refractivity (Wildman–Crippen MR) is 93.5 cm³/mol. The first-order valence-corrected chi connectivity index (χ1v) is 8.10. The molecule has 2 saturated heterocycles. The van der Waals surface area contributed by atoms with Crippen LogP contribution in [0.4, 0.5) is 0 Å². The normalized spacial score (nSPS) is 25.0. The molecule has 0 bridgehead atoms. The molecule has 4 heteroatoms. The van der Waals surface area contributed by atoms with E-state index in [9.17, 15) is 0 Å². The number of aromatic nitrogens is 1. The van der Waals surface area contributed by atoms with Gasteiger partial charge in [0.25, 0.3) is 0 Å². The van der Waals surface area contributed by atoms with Crippen LogP contribution in [0, 0.1) is 12.8 Å². The van der Waals surface area contributed by atoms with Crippen molar-refractivity contribution in [1.29, 1.82) is 0 Å². The minimum absolute atomic E-state index is 0. The minimum Gasteiger partial charge on any atom is -0.314 e. The van der Waals surface area contributed by atoms with E-state index in [1.165, 1.54) is 43.4 Å². The second-order valence-electron chi connectivity index (χ2n) is 6.61. The standard InChI is InChI=1S/C18H23N3.ClH/c1-13-2-4-15-10-14(3-5-18(15)20-13)11-21-9-7-17-16(12-21)6-8-19-17;/h2-5,10,16-17,19H,6-9,11-12H2,1H3;1H. The molecule has 0 saturated carbocycles. The molecular formula is C18H24ClN3. The van der Waals surface area contributed by atoms with Crippen molar-refractivity contribution in [3.05, 3.63) is 41.6 Å². The van der Waals surface area contributed by atoms with Gasteiger partial charge >= 0.3 is 0 Å². The number of pyridine rings is 1. The predicted octanol–water partition coefficient (Wildman–Crippen LogP) is 3.15. The van der Waals surface area contributed by atoms with Crippen LogP contribution in [0.1, 0.15) is 24.1 Å². The number of hydrogen-bond acceptors (Lipinski definition) is 3. The molecule has 3 heterocycles. The number of rotatable bonds is 2. The fraction of sp³-hybridized carbons (Fsp3) is 0.500. The van der Waals surface area contributed by atoms with Gasteiger partial charge in [0.05, 0.1) is 5.52 Å². The van der Waals surface area contributed by atoms with E-state index in [1.54, 1.807) is 0 Å². The van der Waals surface area contributed by atoms with Crippen molar-refractivity contribution in [2.24, 2.45) is 5.92 Å². The molecule has 0 amide bonds. The average Bonchev–Trinajstić information content (AvgIpc) is 2.95. The van der Waals surface area contributed by atoms with Crippen molar-refractivity contribution < 1.29 is 0 Å². The largest absolute Gasteiger partial charge is 0.314 e. The molecule has 0 radical (unpaired) electrons. The first-order valence-electron chi connectivity index (χ1n) is 8.10. The van der Waals surface area contributed by atoms with Gasteiger partial charge in [-0.05, 0) is 62.5 Å². The number of piperidine rings is 1. The van der Waals surface area contributed by atoms with Crippen molar-refractivity contribution >= 4 is 23.3 Å². The van der Waals surface area contributed by atoms with Gasteiger partial charge in [-0.15, -0.1) is 12.4 Å². The van der Waals surface area contributed by atoms with Crippen LogP contribution in [0.3, 0.4) is 0 Å². The Morgan fingerprint density at radius 2 is 2.14 bits per heavy atom. The van der Waals surface area contributed by atoms with Crippen molar-refractivity contribution in [3.63, 3.8) is 0 Å². The van der Waals surface area contributed by atoms with Gasteiger partial charge < -0.3 is 5.32 Å². The Morgan fingerprint density at radius 1 is 1.23 bits per heavy atom. The summed E-state index contributed by atoms with van der Waals surface area (Å²) in [5.41, 5.74) is 3.61. The van der Waals surface area contributed by atoms with E-state index in [0.29, 0.717) is 0 Å². The summed E-state index contributed by atoms with van der Waals surface area (Å²) in [6.45, 7) is 6.81. The SMILES string of the molecule is Cc1ccc2cc(CN3CCC4NCCC4C3)ccc2n1.Cl. The monoisotopic (exact) mass is 317 g/mol. The van der Waals surface area contributed by atoms with E-state index in [-0.39, 0.29) is 12.4 Å². The molecule has 118 valence electrons. The molecule has 1 aromatic heterocycles. The lowest BCUT2D eigenvalue weighted by Crippen LogP contribution is -2.43. The molecule has 2 aromatic rings. The zero-order valence-corrected chi connectivity index (χ0v) is 13.9. The number of benzene rings is 1. The Balaban J connectivity index is 0.00000144. The molecule has 2 atom stereocenters. The van der Waals surface area contributed by atoms with E-state index in [1.807, 2.05) is 6.92 Å². The second kappa shape index (κ2) is 6.53. The van der Waals surface area contributed by atoms with Crippen LogP contribution in [0.2, 0.25) is 0 Å². The molecule has 2 fully saturated rings. The van der Waals surface area contributed by atoms with E-state index in [2.05, 4.69) is 45.5 Å². The van der Waals surface area contributed by atoms with Gasteiger partial charge in [-0.25, -0.2) is 0 Å². The molecule has 4 rings (SSSR count). The number of likely N-dealkylation sites (tertiary alicyclic amines) is 1. The maximum atomic E-state index is 4.59. The van der Waals surface area contributed by atoms with Gasteiger partial charge in [-0.2, -0.15) is 0 Å². The molecule has 0 spiro atoms. The van der Waals surface area contributed by atoms with Crippen LogP contribution in [0.25, 0.3) is 10.9 Å². The second-order valence-corrected chi connectivity index (χ2v) is 6.61. The van der Waals surface area contributed by atoms with E-state index < -0.39 is 0 Å². The summed E-state index contributed by atoms with van der Waals surface area (Å²) in [5, 5.41) is 4.90. The Bertz CT molecular complexity index is 658.